The van der Waals surface area contributed by atoms with Crippen molar-refractivity contribution < 1.29 is 0 Å². The Balaban J connectivity index is 2.00. The minimum absolute atomic E-state index is 0.304. The molecule has 2 aromatic rings. The van der Waals surface area contributed by atoms with Crippen molar-refractivity contribution in [2.24, 2.45) is 0 Å². The van der Waals surface area contributed by atoms with E-state index in [1.54, 1.807) is 6.20 Å². The number of pyridine rings is 2. The number of hydrogen-bond donors (Lipinski definition) is 0. The summed E-state index contributed by atoms with van der Waals surface area (Å²) in [5, 5.41) is 0. The van der Waals surface area contributed by atoms with Crippen molar-refractivity contribution in [1.82, 2.24) is 9.97 Å². The Morgan fingerprint density at radius 1 is 0.824 bits per heavy atom. The summed E-state index contributed by atoms with van der Waals surface area (Å²) in [5.41, 5.74) is 2.91. The Morgan fingerprint density at radius 2 is 1.65 bits per heavy atom. The van der Waals surface area contributed by atoms with Gasteiger partial charge in [0.1, 0.15) is 0 Å². The predicted octanol–water partition coefficient (Wildman–Crippen LogP) is 3.35. The highest BCUT2D eigenvalue weighted by Crippen LogP contribution is 2.23. The summed E-state index contributed by atoms with van der Waals surface area (Å²) in [5.74, 6) is 0.304. The lowest BCUT2D eigenvalue weighted by atomic mass is 10.1. The molecule has 0 bridgehead atoms. The largest absolute Gasteiger partial charge is 0.255 e. The molecule has 3 rings (SSSR count). The van der Waals surface area contributed by atoms with Crippen LogP contribution in [-0.2, 0) is 0 Å². The molecule has 0 fully saturated rings. The van der Waals surface area contributed by atoms with Crippen LogP contribution in [-0.4, -0.2) is 9.97 Å². The molecular weight excluding hydrogens is 208 g/mol. The SMILES string of the molecule is C1=CC(c2cccc(-c3ccccn3)n2)C=C1. The van der Waals surface area contributed by atoms with Gasteiger partial charge in [-0.05, 0) is 24.3 Å². The van der Waals surface area contributed by atoms with E-state index in [0.29, 0.717) is 5.92 Å². The van der Waals surface area contributed by atoms with Crippen LogP contribution in [0.2, 0.25) is 0 Å². The molecule has 0 N–H and O–H groups in total. The zero-order valence-electron chi connectivity index (χ0n) is 9.32. The first-order valence-corrected chi connectivity index (χ1v) is 5.67. The van der Waals surface area contributed by atoms with E-state index in [9.17, 15) is 0 Å². The van der Waals surface area contributed by atoms with Crippen molar-refractivity contribution in [3.8, 4) is 11.4 Å². The fourth-order valence-electron chi connectivity index (χ4n) is 1.92. The third-order valence-corrected chi connectivity index (χ3v) is 2.79. The molecule has 0 saturated heterocycles. The summed E-state index contributed by atoms with van der Waals surface area (Å²) in [7, 11) is 0. The number of nitrogens with zero attached hydrogens (tertiary/aromatic N) is 2. The molecule has 2 aromatic heterocycles. The molecule has 0 saturated carbocycles. The maximum Gasteiger partial charge on any atom is 0.0889 e. The smallest absolute Gasteiger partial charge is 0.0889 e. The molecule has 82 valence electrons. The lowest BCUT2D eigenvalue weighted by Gasteiger charge is -2.07. The summed E-state index contributed by atoms with van der Waals surface area (Å²) >= 11 is 0. The third kappa shape index (κ3) is 2.02. The van der Waals surface area contributed by atoms with Crippen molar-refractivity contribution in [2.75, 3.05) is 0 Å². The van der Waals surface area contributed by atoms with Gasteiger partial charge in [0.05, 0.1) is 17.1 Å². The van der Waals surface area contributed by atoms with Crippen LogP contribution in [0, 0.1) is 0 Å². The molecule has 0 atom stereocenters. The molecule has 0 aliphatic heterocycles. The Hall–Kier alpha value is -2.22. The topological polar surface area (TPSA) is 25.8 Å². The van der Waals surface area contributed by atoms with Crippen molar-refractivity contribution in [3.63, 3.8) is 0 Å². The minimum atomic E-state index is 0.304. The van der Waals surface area contributed by atoms with Gasteiger partial charge in [-0.15, -0.1) is 0 Å². The van der Waals surface area contributed by atoms with Gasteiger partial charge in [-0.2, -0.15) is 0 Å². The Bertz CT molecular complexity index is 558. The van der Waals surface area contributed by atoms with Gasteiger partial charge < -0.3 is 0 Å². The number of allylic oxidation sites excluding steroid dienone is 4. The van der Waals surface area contributed by atoms with Crippen molar-refractivity contribution in [1.29, 1.82) is 0 Å². The fraction of sp³-hybridized carbons (Fsp3) is 0.0667. The van der Waals surface area contributed by atoms with Gasteiger partial charge in [-0.25, -0.2) is 0 Å². The maximum absolute atomic E-state index is 4.66. The lowest BCUT2D eigenvalue weighted by molar-refractivity contribution is 1.01. The van der Waals surface area contributed by atoms with Crippen LogP contribution in [0.15, 0.2) is 66.9 Å². The van der Waals surface area contributed by atoms with Crippen molar-refractivity contribution in [3.05, 3.63) is 72.6 Å². The average molecular weight is 220 g/mol. The second-order valence-corrected chi connectivity index (χ2v) is 3.96. The van der Waals surface area contributed by atoms with E-state index in [0.717, 1.165) is 17.1 Å². The fourth-order valence-corrected chi connectivity index (χ4v) is 1.92. The Labute approximate surface area is 100 Å². The Kier molecular flexibility index (Phi) is 2.54. The van der Waals surface area contributed by atoms with E-state index in [-0.39, 0.29) is 0 Å². The summed E-state index contributed by atoms with van der Waals surface area (Å²) < 4.78 is 0. The molecule has 2 heterocycles. The van der Waals surface area contributed by atoms with Crippen LogP contribution < -0.4 is 0 Å². The van der Waals surface area contributed by atoms with Gasteiger partial charge in [0.2, 0.25) is 0 Å². The van der Waals surface area contributed by atoms with Crippen LogP contribution in [0.5, 0.6) is 0 Å². The highest BCUT2D eigenvalue weighted by atomic mass is 14.8. The molecule has 2 heteroatoms. The standard InChI is InChI=1S/C15H12N2/c1-2-7-12(6-1)13-9-5-10-15(17-13)14-8-3-4-11-16-14/h1-12H. The van der Waals surface area contributed by atoms with E-state index in [2.05, 4.69) is 40.3 Å². The van der Waals surface area contributed by atoms with Crippen molar-refractivity contribution >= 4 is 0 Å². The van der Waals surface area contributed by atoms with E-state index in [4.69, 9.17) is 0 Å². The summed E-state index contributed by atoms with van der Waals surface area (Å²) in [4.78, 5) is 8.98. The first-order chi connectivity index (χ1) is 8.43. The van der Waals surface area contributed by atoms with Gasteiger partial charge in [0.15, 0.2) is 0 Å². The molecule has 0 unspecified atom stereocenters. The molecule has 1 aliphatic carbocycles. The third-order valence-electron chi connectivity index (χ3n) is 2.79. The summed E-state index contributed by atoms with van der Waals surface area (Å²) in [6.07, 6.45) is 10.2. The second-order valence-electron chi connectivity index (χ2n) is 3.96. The highest BCUT2D eigenvalue weighted by molar-refractivity contribution is 5.54. The average Bonchev–Trinajstić information content (AvgIpc) is 2.94. The molecule has 2 nitrogen and oxygen atoms in total. The lowest BCUT2D eigenvalue weighted by Crippen LogP contribution is -1.95. The van der Waals surface area contributed by atoms with E-state index in [1.807, 2.05) is 30.3 Å². The number of rotatable bonds is 2. The molecule has 0 aromatic carbocycles. The Morgan fingerprint density at radius 3 is 2.41 bits per heavy atom. The van der Waals surface area contributed by atoms with Gasteiger partial charge in [0, 0.05) is 12.1 Å². The maximum atomic E-state index is 4.66. The van der Waals surface area contributed by atoms with Gasteiger partial charge >= 0.3 is 0 Å². The number of hydrogen-bond acceptors (Lipinski definition) is 2. The van der Waals surface area contributed by atoms with E-state index < -0.39 is 0 Å². The van der Waals surface area contributed by atoms with Crippen molar-refractivity contribution in [2.45, 2.75) is 5.92 Å². The van der Waals surface area contributed by atoms with Crippen LogP contribution in [0.25, 0.3) is 11.4 Å². The predicted molar refractivity (Wildman–Crippen MR) is 68.5 cm³/mol. The summed E-state index contributed by atoms with van der Waals surface area (Å²) in [6, 6.07) is 12.0. The quantitative estimate of drug-likeness (QED) is 0.775. The van der Waals surface area contributed by atoms with Crippen LogP contribution >= 0.6 is 0 Å². The second kappa shape index (κ2) is 4.34. The molecule has 0 spiro atoms. The van der Waals surface area contributed by atoms with E-state index >= 15 is 0 Å². The molecule has 0 radical (unpaired) electrons. The normalized spacial score (nSPS) is 14.4. The highest BCUT2D eigenvalue weighted by Gasteiger charge is 2.09. The van der Waals surface area contributed by atoms with Crippen LogP contribution in [0.3, 0.4) is 0 Å². The molecule has 1 aliphatic rings. The zero-order valence-corrected chi connectivity index (χ0v) is 9.32. The molecular formula is C15H12N2. The van der Waals surface area contributed by atoms with Gasteiger partial charge in [0.25, 0.3) is 0 Å². The van der Waals surface area contributed by atoms with Gasteiger partial charge in [-0.1, -0.05) is 36.4 Å². The molecule has 17 heavy (non-hydrogen) atoms. The van der Waals surface area contributed by atoms with Crippen LogP contribution in [0.4, 0.5) is 0 Å². The first-order valence-electron chi connectivity index (χ1n) is 5.67. The molecule has 0 amide bonds. The zero-order chi connectivity index (χ0) is 11.5. The minimum Gasteiger partial charge on any atom is -0.255 e. The summed E-state index contributed by atoms with van der Waals surface area (Å²) in [6.45, 7) is 0. The number of aromatic nitrogens is 2. The monoisotopic (exact) mass is 220 g/mol. The van der Waals surface area contributed by atoms with Gasteiger partial charge in [-0.3, -0.25) is 9.97 Å². The first kappa shape index (κ1) is 9.97. The van der Waals surface area contributed by atoms with Crippen LogP contribution in [0.1, 0.15) is 11.6 Å². The van der Waals surface area contributed by atoms with E-state index in [1.165, 1.54) is 0 Å².